The molecule has 3 aliphatic rings. The maximum atomic E-state index is 5.84. The van der Waals surface area contributed by atoms with Crippen LogP contribution in [-0.2, 0) is 10.2 Å². The molecule has 154 valence electrons. The van der Waals surface area contributed by atoms with Crippen LogP contribution < -0.4 is 14.8 Å². The van der Waals surface area contributed by atoms with Gasteiger partial charge in [0.25, 0.3) is 0 Å². The normalized spacial score (nSPS) is 23.6. The third-order valence-electron chi connectivity index (χ3n) is 6.43. The van der Waals surface area contributed by atoms with Gasteiger partial charge in [0.05, 0.1) is 6.61 Å². The lowest BCUT2D eigenvalue weighted by molar-refractivity contribution is 0.171. The molecule has 4 rings (SSSR count). The second-order valence-corrected chi connectivity index (χ2v) is 8.36. The van der Waals surface area contributed by atoms with Crippen molar-refractivity contribution >= 4 is 5.96 Å². The topological polar surface area (TPSA) is 55.3 Å². The Morgan fingerprint density at radius 1 is 1.18 bits per heavy atom. The first-order valence-electron chi connectivity index (χ1n) is 10.6. The van der Waals surface area contributed by atoms with E-state index in [9.17, 15) is 0 Å². The van der Waals surface area contributed by atoms with E-state index in [0.29, 0.717) is 19.1 Å². The van der Waals surface area contributed by atoms with Gasteiger partial charge in [0, 0.05) is 45.1 Å². The van der Waals surface area contributed by atoms with Crippen molar-refractivity contribution in [3.8, 4) is 11.5 Å². The summed E-state index contributed by atoms with van der Waals surface area (Å²) >= 11 is 0. The predicted molar refractivity (Wildman–Crippen MR) is 110 cm³/mol. The number of hydrogen-bond acceptors (Lipinski definition) is 4. The van der Waals surface area contributed by atoms with Crippen LogP contribution >= 0.6 is 0 Å². The molecule has 2 heterocycles. The smallest absolute Gasteiger partial charge is 0.193 e. The molecule has 1 saturated heterocycles. The summed E-state index contributed by atoms with van der Waals surface area (Å²) in [6.07, 6.45) is 6.06. The van der Waals surface area contributed by atoms with Gasteiger partial charge in [-0.15, -0.1) is 0 Å². The molecule has 1 unspecified atom stereocenters. The average Bonchev–Trinajstić information content (AvgIpc) is 3.41. The SMILES string of the molecule is CN=C(NCC1(c2ccc3c(c2)OCCO3)CCCC1)N(C)CC1CCOC1. The molecule has 0 amide bonds. The van der Waals surface area contributed by atoms with E-state index in [-0.39, 0.29) is 5.41 Å². The minimum atomic E-state index is 0.128. The van der Waals surface area contributed by atoms with E-state index < -0.39 is 0 Å². The fourth-order valence-electron chi connectivity index (χ4n) is 4.83. The van der Waals surface area contributed by atoms with E-state index in [1.54, 1.807) is 0 Å². The summed E-state index contributed by atoms with van der Waals surface area (Å²) in [5, 5.41) is 3.67. The van der Waals surface area contributed by atoms with Crippen molar-refractivity contribution < 1.29 is 14.2 Å². The van der Waals surface area contributed by atoms with Gasteiger partial charge >= 0.3 is 0 Å². The van der Waals surface area contributed by atoms with E-state index in [1.807, 2.05) is 7.05 Å². The van der Waals surface area contributed by atoms with Crippen LogP contribution in [0.15, 0.2) is 23.2 Å². The third-order valence-corrected chi connectivity index (χ3v) is 6.43. The highest BCUT2D eigenvalue weighted by molar-refractivity contribution is 5.79. The summed E-state index contributed by atoms with van der Waals surface area (Å²) in [5.74, 6) is 3.32. The predicted octanol–water partition coefficient (Wildman–Crippen LogP) is 2.81. The van der Waals surface area contributed by atoms with Crippen molar-refractivity contribution in [3.63, 3.8) is 0 Å². The molecule has 1 aliphatic carbocycles. The summed E-state index contributed by atoms with van der Waals surface area (Å²) < 4.78 is 17.1. The first kappa shape index (κ1) is 19.4. The van der Waals surface area contributed by atoms with Gasteiger partial charge in [-0.05, 0) is 37.0 Å². The Labute approximate surface area is 168 Å². The van der Waals surface area contributed by atoms with Crippen molar-refractivity contribution in [1.29, 1.82) is 0 Å². The van der Waals surface area contributed by atoms with Crippen molar-refractivity contribution in [2.75, 3.05) is 53.6 Å². The number of aliphatic imine (C=N–C) groups is 1. The van der Waals surface area contributed by atoms with Gasteiger partial charge in [0.15, 0.2) is 17.5 Å². The molecule has 6 heteroatoms. The van der Waals surface area contributed by atoms with Crippen LogP contribution in [0, 0.1) is 5.92 Å². The number of guanidine groups is 1. The molecule has 28 heavy (non-hydrogen) atoms. The molecule has 1 aromatic rings. The zero-order chi connectivity index (χ0) is 19.4. The lowest BCUT2D eigenvalue weighted by Crippen LogP contribution is -2.46. The van der Waals surface area contributed by atoms with Gasteiger partial charge in [0.1, 0.15) is 13.2 Å². The Kier molecular flexibility index (Phi) is 5.95. The largest absolute Gasteiger partial charge is 0.486 e. The third kappa shape index (κ3) is 4.07. The molecule has 0 bridgehead atoms. The Bertz CT molecular complexity index is 694. The molecule has 1 N–H and O–H groups in total. The molecule has 0 aromatic heterocycles. The highest BCUT2D eigenvalue weighted by Gasteiger charge is 2.37. The zero-order valence-electron chi connectivity index (χ0n) is 17.2. The van der Waals surface area contributed by atoms with Crippen molar-refractivity contribution in [2.45, 2.75) is 37.5 Å². The number of hydrogen-bond donors (Lipinski definition) is 1. The summed E-state index contributed by atoms with van der Waals surface area (Å²) in [5.41, 5.74) is 1.48. The second kappa shape index (κ2) is 8.60. The number of nitrogens with zero attached hydrogens (tertiary/aromatic N) is 2. The average molecular weight is 388 g/mol. The molecule has 0 spiro atoms. The van der Waals surface area contributed by atoms with Crippen LogP contribution in [0.2, 0.25) is 0 Å². The number of fused-ring (bicyclic) bond motifs is 1. The highest BCUT2D eigenvalue weighted by atomic mass is 16.6. The quantitative estimate of drug-likeness (QED) is 0.622. The molecular formula is C22H33N3O3. The molecule has 1 aromatic carbocycles. The van der Waals surface area contributed by atoms with Crippen LogP contribution in [0.5, 0.6) is 11.5 Å². The molecule has 0 radical (unpaired) electrons. The van der Waals surface area contributed by atoms with E-state index in [1.165, 1.54) is 31.2 Å². The van der Waals surface area contributed by atoms with E-state index >= 15 is 0 Å². The molecule has 2 aliphatic heterocycles. The van der Waals surface area contributed by atoms with Gasteiger partial charge in [-0.1, -0.05) is 18.9 Å². The summed E-state index contributed by atoms with van der Waals surface area (Å²) in [7, 11) is 3.99. The highest BCUT2D eigenvalue weighted by Crippen LogP contribution is 2.43. The van der Waals surface area contributed by atoms with Crippen LogP contribution in [0.4, 0.5) is 0 Å². The second-order valence-electron chi connectivity index (χ2n) is 8.36. The lowest BCUT2D eigenvalue weighted by atomic mass is 9.78. The first-order chi connectivity index (χ1) is 13.7. The van der Waals surface area contributed by atoms with Crippen LogP contribution in [0.25, 0.3) is 0 Å². The number of nitrogens with one attached hydrogen (secondary N) is 1. The van der Waals surface area contributed by atoms with Gasteiger partial charge < -0.3 is 24.4 Å². The van der Waals surface area contributed by atoms with Gasteiger partial charge in [0.2, 0.25) is 0 Å². The fourth-order valence-corrected chi connectivity index (χ4v) is 4.83. The van der Waals surface area contributed by atoms with Gasteiger partial charge in [-0.2, -0.15) is 0 Å². The van der Waals surface area contributed by atoms with Crippen molar-refractivity contribution in [3.05, 3.63) is 23.8 Å². The first-order valence-corrected chi connectivity index (χ1v) is 10.6. The van der Waals surface area contributed by atoms with Crippen molar-refractivity contribution in [2.24, 2.45) is 10.9 Å². The van der Waals surface area contributed by atoms with Crippen molar-refractivity contribution in [1.82, 2.24) is 10.2 Å². The Hall–Kier alpha value is -1.95. The zero-order valence-corrected chi connectivity index (χ0v) is 17.2. The molecular weight excluding hydrogens is 354 g/mol. The van der Waals surface area contributed by atoms with Gasteiger partial charge in [-0.25, -0.2) is 0 Å². The molecule has 1 saturated carbocycles. The summed E-state index contributed by atoms with van der Waals surface area (Å²) in [4.78, 5) is 6.77. The Morgan fingerprint density at radius 2 is 1.96 bits per heavy atom. The van der Waals surface area contributed by atoms with E-state index in [4.69, 9.17) is 14.2 Å². The number of rotatable bonds is 5. The Balaban J connectivity index is 1.45. The van der Waals surface area contributed by atoms with Gasteiger partial charge in [-0.3, -0.25) is 4.99 Å². The maximum Gasteiger partial charge on any atom is 0.193 e. The lowest BCUT2D eigenvalue weighted by Gasteiger charge is -2.33. The summed E-state index contributed by atoms with van der Waals surface area (Å²) in [6.45, 7) is 4.89. The standard InChI is InChI=1S/C22H33N3O3/c1-23-21(25(2)14-17-7-10-26-15-17)24-16-22(8-3-4-9-22)18-5-6-19-20(13-18)28-12-11-27-19/h5-6,13,17H,3-4,7-12,14-16H2,1-2H3,(H,23,24). The van der Waals surface area contributed by atoms with E-state index in [2.05, 4.69) is 40.5 Å². The molecule has 2 fully saturated rings. The fraction of sp³-hybridized carbons (Fsp3) is 0.682. The maximum absolute atomic E-state index is 5.84. The molecule has 6 nitrogen and oxygen atoms in total. The number of benzene rings is 1. The summed E-state index contributed by atoms with van der Waals surface area (Å²) in [6, 6.07) is 6.50. The van der Waals surface area contributed by atoms with Crippen LogP contribution in [0.3, 0.4) is 0 Å². The Morgan fingerprint density at radius 3 is 2.68 bits per heavy atom. The minimum absolute atomic E-state index is 0.128. The van der Waals surface area contributed by atoms with E-state index in [0.717, 1.165) is 50.2 Å². The number of ether oxygens (including phenoxy) is 3. The monoisotopic (exact) mass is 387 g/mol. The van der Waals surface area contributed by atoms with Crippen LogP contribution in [-0.4, -0.2) is 64.5 Å². The molecule has 1 atom stereocenters. The minimum Gasteiger partial charge on any atom is -0.486 e. The van der Waals surface area contributed by atoms with Crippen LogP contribution in [0.1, 0.15) is 37.7 Å².